The van der Waals surface area contributed by atoms with E-state index in [1.165, 1.54) is 0 Å². The van der Waals surface area contributed by atoms with Gasteiger partial charge in [0.05, 0.1) is 20.2 Å². The molecule has 2 N–H and O–H groups in total. The Morgan fingerprint density at radius 1 is 0.903 bits per heavy atom. The van der Waals surface area contributed by atoms with Gasteiger partial charge in [-0.1, -0.05) is 37.3 Å². The van der Waals surface area contributed by atoms with Gasteiger partial charge in [0, 0.05) is 38.4 Å². The molecule has 0 atom stereocenters. The number of aryl methyl sites for hydroxylation is 1. The Morgan fingerprint density at radius 3 is 2.13 bits per heavy atom. The van der Waals surface area contributed by atoms with Crippen molar-refractivity contribution in [2.24, 2.45) is 0 Å². The van der Waals surface area contributed by atoms with E-state index in [9.17, 15) is 9.59 Å². The first kappa shape index (κ1) is 22.8. The van der Waals surface area contributed by atoms with E-state index in [4.69, 9.17) is 4.74 Å². The molecule has 1 saturated heterocycles. The normalized spacial score (nSPS) is 14.8. The Hall–Kier alpha value is -2.90. The Balaban J connectivity index is 1.36. The lowest BCUT2D eigenvalue weighted by Crippen LogP contribution is -2.50. The van der Waals surface area contributed by atoms with Crippen LogP contribution in [0.15, 0.2) is 48.5 Å². The molecule has 0 saturated carbocycles. The molecule has 1 heterocycles. The zero-order valence-electron chi connectivity index (χ0n) is 18.4. The molecule has 0 unspecified atom stereocenters. The minimum atomic E-state index is 0.00610. The summed E-state index contributed by atoms with van der Waals surface area (Å²) < 4.78 is 5.14. The van der Waals surface area contributed by atoms with Crippen molar-refractivity contribution >= 4 is 17.5 Å². The third kappa shape index (κ3) is 7.08. The highest BCUT2D eigenvalue weighted by atomic mass is 16.5. The fraction of sp³-hybridized carbons (Fsp3) is 0.417. The summed E-state index contributed by atoms with van der Waals surface area (Å²) in [5, 5.41) is 5.99. The van der Waals surface area contributed by atoms with Crippen LogP contribution >= 0.6 is 0 Å². The summed E-state index contributed by atoms with van der Waals surface area (Å²) in [6.07, 6.45) is 0.885. The summed E-state index contributed by atoms with van der Waals surface area (Å²) in [6, 6.07) is 15.6. The number of rotatable bonds is 9. The van der Waals surface area contributed by atoms with E-state index in [-0.39, 0.29) is 11.8 Å². The van der Waals surface area contributed by atoms with Crippen LogP contribution in [0, 0.1) is 0 Å². The van der Waals surface area contributed by atoms with Crippen LogP contribution in [0.4, 0.5) is 5.69 Å². The number of hydrogen-bond acceptors (Lipinski definition) is 5. The number of anilines is 1. The topological polar surface area (TPSA) is 73.9 Å². The third-order valence-electron chi connectivity index (χ3n) is 5.52. The number of ether oxygens (including phenoxy) is 1. The van der Waals surface area contributed by atoms with Gasteiger partial charge in [0.25, 0.3) is 0 Å². The molecule has 31 heavy (non-hydrogen) atoms. The number of nitrogens with zero attached hydrogens (tertiary/aromatic N) is 2. The number of benzene rings is 2. The van der Waals surface area contributed by atoms with Crippen LogP contribution in [0.2, 0.25) is 0 Å². The van der Waals surface area contributed by atoms with Crippen LogP contribution in [0.5, 0.6) is 5.75 Å². The van der Waals surface area contributed by atoms with Crippen LogP contribution in [0.3, 0.4) is 0 Å². The van der Waals surface area contributed by atoms with Crippen molar-refractivity contribution in [2.75, 3.05) is 51.7 Å². The molecule has 0 aliphatic carbocycles. The predicted molar refractivity (Wildman–Crippen MR) is 122 cm³/mol. The van der Waals surface area contributed by atoms with E-state index in [2.05, 4.69) is 27.4 Å². The molecule has 1 aliphatic rings. The highest BCUT2D eigenvalue weighted by Gasteiger charge is 2.20. The number of carbonyl (C=O) groups is 2. The van der Waals surface area contributed by atoms with E-state index in [1.54, 1.807) is 7.11 Å². The monoisotopic (exact) mass is 424 g/mol. The molecule has 7 heteroatoms. The first-order valence-corrected chi connectivity index (χ1v) is 10.8. The lowest BCUT2D eigenvalue weighted by Gasteiger charge is -2.33. The maximum Gasteiger partial charge on any atom is 0.238 e. The molecule has 1 fully saturated rings. The number of amides is 2. The summed E-state index contributed by atoms with van der Waals surface area (Å²) in [4.78, 5) is 29.0. The van der Waals surface area contributed by atoms with Crippen molar-refractivity contribution in [2.45, 2.75) is 19.9 Å². The van der Waals surface area contributed by atoms with Gasteiger partial charge >= 0.3 is 0 Å². The van der Waals surface area contributed by atoms with Crippen LogP contribution in [0.25, 0.3) is 0 Å². The van der Waals surface area contributed by atoms with Gasteiger partial charge in [-0.3, -0.25) is 19.4 Å². The molecule has 0 radical (unpaired) electrons. The molecule has 166 valence electrons. The molecule has 7 nitrogen and oxygen atoms in total. The minimum absolute atomic E-state index is 0.00610. The minimum Gasteiger partial charge on any atom is -0.497 e. The Bertz CT molecular complexity index is 861. The average Bonchev–Trinajstić information content (AvgIpc) is 2.79. The average molecular weight is 425 g/mol. The summed E-state index contributed by atoms with van der Waals surface area (Å²) in [7, 11) is 1.63. The highest BCUT2D eigenvalue weighted by Crippen LogP contribution is 2.15. The Kier molecular flexibility index (Phi) is 8.44. The second kappa shape index (κ2) is 11.5. The maximum absolute atomic E-state index is 12.4. The second-order valence-electron chi connectivity index (χ2n) is 7.74. The lowest BCUT2D eigenvalue weighted by molar-refractivity contribution is -0.123. The second-order valence-corrected chi connectivity index (χ2v) is 7.74. The molecule has 2 aromatic rings. The van der Waals surface area contributed by atoms with Crippen LogP contribution in [-0.2, 0) is 22.6 Å². The zero-order chi connectivity index (χ0) is 22.1. The molecule has 0 bridgehead atoms. The van der Waals surface area contributed by atoms with Crippen molar-refractivity contribution in [1.82, 2.24) is 15.1 Å². The summed E-state index contributed by atoms with van der Waals surface area (Å²) in [5.41, 5.74) is 3.07. The van der Waals surface area contributed by atoms with Gasteiger partial charge < -0.3 is 15.4 Å². The van der Waals surface area contributed by atoms with E-state index in [0.717, 1.165) is 55.2 Å². The number of hydrogen-bond donors (Lipinski definition) is 2. The van der Waals surface area contributed by atoms with E-state index < -0.39 is 0 Å². The summed E-state index contributed by atoms with van der Waals surface area (Å²) >= 11 is 0. The van der Waals surface area contributed by atoms with Crippen LogP contribution in [0.1, 0.15) is 18.1 Å². The third-order valence-corrected chi connectivity index (χ3v) is 5.52. The van der Waals surface area contributed by atoms with Gasteiger partial charge in [-0.2, -0.15) is 0 Å². The number of methoxy groups -OCH3 is 1. The number of nitrogens with one attached hydrogen (secondary N) is 2. The number of para-hydroxylation sites is 1. The number of piperazine rings is 1. The Morgan fingerprint density at radius 2 is 1.52 bits per heavy atom. The van der Waals surface area contributed by atoms with Crippen LogP contribution in [-0.4, -0.2) is 68.0 Å². The molecule has 1 aliphatic heterocycles. The molecule has 0 spiro atoms. The van der Waals surface area contributed by atoms with Gasteiger partial charge in [-0.05, 0) is 35.7 Å². The van der Waals surface area contributed by atoms with Gasteiger partial charge in [0.2, 0.25) is 11.8 Å². The first-order chi connectivity index (χ1) is 15.1. The lowest BCUT2D eigenvalue weighted by atomic mass is 10.1. The fourth-order valence-corrected chi connectivity index (χ4v) is 3.65. The molecule has 2 aromatic carbocycles. The standard InChI is InChI=1S/C24H32N4O3/c1-3-20-6-4-5-7-22(20)26-24(30)18-28-14-12-27(13-15-28)17-23(29)25-16-19-8-10-21(31-2)11-9-19/h4-11H,3,12-18H2,1-2H3,(H,25,29)(H,26,30). The molecule has 0 aromatic heterocycles. The molecule has 3 rings (SSSR count). The van der Waals surface area contributed by atoms with Gasteiger partial charge in [0.1, 0.15) is 5.75 Å². The largest absolute Gasteiger partial charge is 0.497 e. The smallest absolute Gasteiger partial charge is 0.238 e. The molecular formula is C24H32N4O3. The maximum atomic E-state index is 12.4. The first-order valence-electron chi connectivity index (χ1n) is 10.8. The molecular weight excluding hydrogens is 392 g/mol. The fourth-order valence-electron chi connectivity index (χ4n) is 3.65. The van der Waals surface area contributed by atoms with Crippen LogP contribution < -0.4 is 15.4 Å². The van der Waals surface area contributed by atoms with Crippen molar-refractivity contribution < 1.29 is 14.3 Å². The SMILES string of the molecule is CCc1ccccc1NC(=O)CN1CCN(CC(=O)NCc2ccc(OC)cc2)CC1. The number of carbonyl (C=O) groups excluding carboxylic acids is 2. The predicted octanol–water partition coefficient (Wildman–Crippen LogP) is 2.13. The molecule has 2 amide bonds. The van der Waals surface area contributed by atoms with Crippen molar-refractivity contribution in [1.29, 1.82) is 0 Å². The zero-order valence-corrected chi connectivity index (χ0v) is 18.4. The van der Waals surface area contributed by atoms with E-state index in [0.29, 0.717) is 19.6 Å². The summed E-state index contributed by atoms with van der Waals surface area (Å²) in [5.74, 6) is 0.820. The quantitative estimate of drug-likeness (QED) is 0.645. The van der Waals surface area contributed by atoms with Crippen molar-refractivity contribution in [3.05, 3.63) is 59.7 Å². The van der Waals surface area contributed by atoms with Crippen molar-refractivity contribution in [3.8, 4) is 5.75 Å². The van der Waals surface area contributed by atoms with Crippen molar-refractivity contribution in [3.63, 3.8) is 0 Å². The Labute approximate surface area is 184 Å². The van der Waals surface area contributed by atoms with Gasteiger partial charge in [-0.15, -0.1) is 0 Å². The summed E-state index contributed by atoms with van der Waals surface area (Å²) in [6.45, 7) is 6.42. The van der Waals surface area contributed by atoms with Gasteiger partial charge in [0.15, 0.2) is 0 Å². The van der Waals surface area contributed by atoms with E-state index in [1.807, 2.05) is 48.5 Å². The highest BCUT2D eigenvalue weighted by molar-refractivity contribution is 5.93. The van der Waals surface area contributed by atoms with Gasteiger partial charge in [-0.25, -0.2) is 0 Å². The van der Waals surface area contributed by atoms with E-state index >= 15 is 0 Å².